The molecule has 0 fully saturated rings. The van der Waals surface area contributed by atoms with Gasteiger partial charge in [0.15, 0.2) is 5.69 Å². The van der Waals surface area contributed by atoms with Gasteiger partial charge < -0.3 is 15.2 Å². The lowest BCUT2D eigenvalue weighted by atomic mass is 10.2. The molecule has 0 radical (unpaired) electrons. The summed E-state index contributed by atoms with van der Waals surface area (Å²) in [5.74, 6) is 0.629. The maximum Gasteiger partial charge on any atom is 0.244 e. The van der Waals surface area contributed by atoms with E-state index in [0.717, 1.165) is 10.0 Å². The van der Waals surface area contributed by atoms with Gasteiger partial charge in [0.05, 0.1) is 7.11 Å². The molecule has 5 nitrogen and oxygen atoms in total. The average Bonchev–Trinajstić information content (AvgIpc) is 2.39. The number of methoxy groups -OCH3 is 1. The Morgan fingerprint density at radius 2 is 1.94 bits per heavy atom. The number of benzene rings is 1. The minimum absolute atomic E-state index is 0.298. The largest absolute Gasteiger partial charge is 0.479 e. The van der Waals surface area contributed by atoms with E-state index in [9.17, 15) is 0 Å². The van der Waals surface area contributed by atoms with E-state index in [1.165, 1.54) is 13.4 Å². The van der Waals surface area contributed by atoms with Crippen LogP contribution in [0.3, 0.4) is 0 Å². The molecule has 0 spiro atoms. The quantitative estimate of drug-likeness (QED) is 0.939. The van der Waals surface area contributed by atoms with Crippen molar-refractivity contribution in [3.05, 3.63) is 40.6 Å². The van der Waals surface area contributed by atoms with Gasteiger partial charge in [-0.25, -0.2) is 0 Å². The van der Waals surface area contributed by atoms with Crippen LogP contribution in [0.15, 0.2) is 35.1 Å². The number of nitrogen functional groups attached to an aromatic ring is 1. The van der Waals surface area contributed by atoms with E-state index in [1.807, 2.05) is 24.3 Å². The van der Waals surface area contributed by atoms with E-state index in [0.29, 0.717) is 24.1 Å². The molecule has 0 atom stereocenters. The molecule has 6 heteroatoms. The summed E-state index contributed by atoms with van der Waals surface area (Å²) >= 11 is 3.45. The molecule has 0 aliphatic rings. The van der Waals surface area contributed by atoms with Crippen molar-refractivity contribution in [3.8, 4) is 11.8 Å². The Labute approximate surface area is 113 Å². The molecule has 0 saturated carbocycles. The van der Waals surface area contributed by atoms with E-state index in [2.05, 4.69) is 25.9 Å². The first-order chi connectivity index (χ1) is 8.72. The molecule has 18 heavy (non-hydrogen) atoms. The number of aromatic nitrogens is 2. The van der Waals surface area contributed by atoms with E-state index in [1.54, 1.807) is 0 Å². The number of ether oxygens (including phenoxy) is 2. The Hall–Kier alpha value is -1.82. The van der Waals surface area contributed by atoms with Crippen molar-refractivity contribution in [1.82, 2.24) is 9.97 Å². The molecule has 1 aromatic carbocycles. The zero-order chi connectivity index (χ0) is 13.0. The molecule has 0 saturated heterocycles. The normalized spacial score (nSPS) is 10.1. The second-order valence-corrected chi connectivity index (χ2v) is 4.34. The predicted octanol–water partition coefficient (Wildman–Crippen LogP) is 2.41. The van der Waals surface area contributed by atoms with Crippen molar-refractivity contribution in [2.24, 2.45) is 0 Å². The fourth-order valence-corrected chi connectivity index (χ4v) is 1.80. The number of anilines is 1. The summed E-state index contributed by atoms with van der Waals surface area (Å²) in [6.45, 7) is 0.367. The molecule has 0 unspecified atom stereocenters. The molecule has 0 bridgehead atoms. The number of halogens is 1. The third kappa shape index (κ3) is 2.70. The molecule has 0 amide bonds. The third-order valence-electron chi connectivity index (χ3n) is 2.33. The Morgan fingerprint density at radius 3 is 2.67 bits per heavy atom. The lowest BCUT2D eigenvalue weighted by molar-refractivity contribution is 0.291. The first-order valence-electron chi connectivity index (χ1n) is 5.23. The average molecular weight is 310 g/mol. The van der Waals surface area contributed by atoms with Gasteiger partial charge in [-0.3, -0.25) is 0 Å². The van der Waals surface area contributed by atoms with Crippen LogP contribution in [0.25, 0.3) is 0 Å². The highest BCUT2D eigenvalue weighted by atomic mass is 79.9. The molecule has 94 valence electrons. The molecule has 2 rings (SSSR count). The zero-order valence-electron chi connectivity index (χ0n) is 9.76. The van der Waals surface area contributed by atoms with Crippen LogP contribution < -0.4 is 15.2 Å². The first-order valence-corrected chi connectivity index (χ1v) is 6.02. The van der Waals surface area contributed by atoms with Crippen molar-refractivity contribution >= 4 is 21.6 Å². The summed E-state index contributed by atoms with van der Waals surface area (Å²) < 4.78 is 11.5. The summed E-state index contributed by atoms with van der Waals surface area (Å²) in [4.78, 5) is 7.86. The van der Waals surface area contributed by atoms with Crippen LogP contribution in [0.5, 0.6) is 11.8 Å². The van der Waals surface area contributed by atoms with Gasteiger partial charge in [0.25, 0.3) is 0 Å². The number of nitrogens with zero attached hydrogens (tertiary/aromatic N) is 2. The van der Waals surface area contributed by atoms with Crippen molar-refractivity contribution in [2.45, 2.75) is 6.61 Å². The molecular weight excluding hydrogens is 298 g/mol. The smallest absolute Gasteiger partial charge is 0.244 e. The Bertz CT molecular complexity index is 549. The first kappa shape index (κ1) is 12.6. The van der Waals surface area contributed by atoms with Gasteiger partial charge in [0, 0.05) is 10.0 Å². The number of rotatable bonds is 4. The third-order valence-corrected chi connectivity index (χ3v) is 3.10. The summed E-state index contributed by atoms with van der Waals surface area (Å²) in [5, 5.41) is 0. The summed E-state index contributed by atoms with van der Waals surface area (Å²) in [6.07, 6.45) is 1.35. The predicted molar refractivity (Wildman–Crippen MR) is 71.5 cm³/mol. The lowest BCUT2D eigenvalue weighted by Crippen LogP contribution is -2.04. The van der Waals surface area contributed by atoms with Crippen LogP contribution in [0.2, 0.25) is 0 Å². The van der Waals surface area contributed by atoms with E-state index >= 15 is 0 Å². The number of hydrogen-bond donors (Lipinski definition) is 1. The van der Waals surface area contributed by atoms with Gasteiger partial charge in [-0.1, -0.05) is 34.1 Å². The van der Waals surface area contributed by atoms with Crippen molar-refractivity contribution in [2.75, 3.05) is 12.8 Å². The van der Waals surface area contributed by atoms with E-state index in [4.69, 9.17) is 15.2 Å². The maximum atomic E-state index is 5.81. The van der Waals surface area contributed by atoms with Crippen LogP contribution >= 0.6 is 15.9 Å². The maximum absolute atomic E-state index is 5.81. The highest BCUT2D eigenvalue weighted by molar-refractivity contribution is 9.10. The van der Waals surface area contributed by atoms with Crippen LogP contribution in [0.1, 0.15) is 5.56 Å². The second-order valence-electron chi connectivity index (χ2n) is 3.48. The summed E-state index contributed by atoms with van der Waals surface area (Å²) in [6, 6.07) is 7.78. The van der Waals surface area contributed by atoms with E-state index < -0.39 is 0 Å². The van der Waals surface area contributed by atoms with Gasteiger partial charge in [-0.2, -0.15) is 9.97 Å². The van der Waals surface area contributed by atoms with Crippen molar-refractivity contribution in [1.29, 1.82) is 0 Å². The Kier molecular flexibility index (Phi) is 3.99. The van der Waals surface area contributed by atoms with Gasteiger partial charge in [0.1, 0.15) is 12.9 Å². The topological polar surface area (TPSA) is 70.3 Å². The van der Waals surface area contributed by atoms with Gasteiger partial charge >= 0.3 is 0 Å². The van der Waals surface area contributed by atoms with Crippen LogP contribution in [-0.2, 0) is 6.61 Å². The molecule has 1 heterocycles. The molecule has 0 aliphatic carbocycles. The molecule has 2 aromatic rings. The molecule has 1 aromatic heterocycles. The number of nitrogens with two attached hydrogens (primary N) is 1. The van der Waals surface area contributed by atoms with Crippen molar-refractivity contribution in [3.63, 3.8) is 0 Å². The molecule has 2 N–H and O–H groups in total. The monoisotopic (exact) mass is 309 g/mol. The van der Waals surface area contributed by atoms with Gasteiger partial charge in [0.2, 0.25) is 11.8 Å². The van der Waals surface area contributed by atoms with Crippen LogP contribution in [0.4, 0.5) is 5.69 Å². The minimum Gasteiger partial charge on any atom is -0.479 e. The lowest BCUT2D eigenvalue weighted by Gasteiger charge is -2.10. The SMILES string of the molecule is COc1ncnc(OCc2ccccc2Br)c1N. The van der Waals surface area contributed by atoms with Crippen LogP contribution in [-0.4, -0.2) is 17.1 Å². The fraction of sp³-hybridized carbons (Fsp3) is 0.167. The molecule has 0 aliphatic heterocycles. The highest BCUT2D eigenvalue weighted by Crippen LogP contribution is 2.27. The van der Waals surface area contributed by atoms with Gasteiger partial charge in [-0.05, 0) is 6.07 Å². The highest BCUT2D eigenvalue weighted by Gasteiger charge is 2.10. The second kappa shape index (κ2) is 5.68. The van der Waals surface area contributed by atoms with Crippen LogP contribution in [0, 0.1) is 0 Å². The molecular formula is C12H12BrN3O2. The fourth-order valence-electron chi connectivity index (χ4n) is 1.40. The summed E-state index contributed by atoms with van der Waals surface area (Å²) in [7, 11) is 1.50. The Balaban J connectivity index is 2.14. The van der Waals surface area contributed by atoms with E-state index in [-0.39, 0.29) is 0 Å². The number of hydrogen-bond acceptors (Lipinski definition) is 5. The minimum atomic E-state index is 0.298. The zero-order valence-corrected chi connectivity index (χ0v) is 11.3. The van der Waals surface area contributed by atoms with Gasteiger partial charge in [-0.15, -0.1) is 0 Å². The standard InChI is InChI=1S/C12H12BrN3O2/c1-17-11-10(14)12(16-7-15-11)18-6-8-4-2-3-5-9(8)13/h2-5,7H,6,14H2,1H3. The Morgan fingerprint density at radius 1 is 1.22 bits per heavy atom. The van der Waals surface area contributed by atoms with Crippen molar-refractivity contribution < 1.29 is 9.47 Å². The summed E-state index contributed by atoms with van der Waals surface area (Å²) in [5.41, 5.74) is 7.12.